The average Bonchev–Trinajstić information content (AvgIpc) is 3.29. The molecule has 4 heterocycles. The molecule has 5 rings (SSSR count). The van der Waals surface area contributed by atoms with Gasteiger partial charge >= 0.3 is 0 Å². The van der Waals surface area contributed by atoms with E-state index in [2.05, 4.69) is 40.4 Å². The SMILES string of the molecule is c1cc(-c2nnc(Oc3ccc(CCNc4ncnc5nccnc45)cc3)s2)ccn1. The fourth-order valence-corrected chi connectivity index (χ4v) is 3.66. The van der Waals surface area contributed by atoms with Crippen LogP contribution in [0.3, 0.4) is 0 Å². The number of fused-ring (bicyclic) bond motifs is 1. The Hall–Kier alpha value is -4.05. The van der Waals surface area contributed by atoms with E-state index in [1.807, 2.05) is 36.4 Å². The third-order valence-corrected chi connectivity index (χ3v) is 5.29. The van der Waals surface area contributed by atoms with Crippen molar-refractivity contribution in [2.75, 3.05) is 11.9 Å². The molecule has 0 bridgehead atoms. The molecule has 0 aliphatic rings. The molecule has 152 valence electrons. The lowest BCUT2D eigenvalue weighted by Gasteiger charge is -2.07. The summed E-state index contributed by atoms with van der Waals surface area (Å²) < 4.78 is 5.84. The lowest BCUT2D eigenvalue weighted by molar-refractivity contribution is 0.473. The molecule has 9 nitrogen and oxygen atoms in total. The zero-order valence-electron chi connectivity index (χ0n) is 16.2. The molecule has 0 spiro atoms. The second kappa shape index (κ2) is 8.76. The molecular weight excluding hydrogens is 412 g/mol. The maximum Gasteiger partial charge on any atom is 0.299 e. The van der Waals surface area contributed by atoms with Crippen LogP contribution in [0.25, 0.3) is 21.7 Å². The monoisotopic (exact) mass is 428 g/mol. The Balaban J connectivity index is 1.18. The van der Waals surface area contributed by atoms with Gasteiger partial charge in [0.25, 0.3) is 5.19 Å². The van der Waals surface area contributed by atoms with Crippen LogP contribution in [0.2, 0.25) is 0 Å². The maximum absolute atomic E-state index is 5.84. The fourth-order valence-electron chi connectivity index (χ4n) is 2.94. The standard InChI is InChI=1S/C21H16N8OS/c1-3-16(30-21-29-28-20(31-21)15-6-8-22-9-7-15)4-2-14(1)5-10-24-18-17-19(27-13-26-18)25-12-11-23-17/h1-4,6-9,11-13H,5,10H2,(H,24,25,26,27). The molecule has 0 aliphatic heterocycles. The summed E-state index contributed by atoms with van der Waals surface area (Å²) in [6.45, 7) is 0.703. The van der Waals surface area contributed by atoms with E-state index in [1.54, 1.807) is 24.8 Å². The van der Waals surface area contributed by atoms with E-state index in [9.17, 15) is 0 Å². The van der Waals surface area contributed by atoms with Gasteiger partial charge in [0.05, 0.1) is 0 Å². The molecule has 0 unspecified atom stereocenters. The molecule has 0 fully saturated rings. The first kappa shape index (κ1) is 18.9. The van der Waals surface area contributed by atoms with Crippen LogP contribution >= 0.6 is 11.3 Å². The molecular formula is C21H16N8OS. The zero-order valence-corrected chi connectivity index (χ0v) is 17.0. The first-order valence-electron chi connectivity index (χ1n) is 9.51. The Morgan fingerprint density at radius 2 is 1.68 bits per heavy atom. The van der Waals surface area contributed by atoms with Crippen LogP contribution in [0.15, 0.2) is 67.5 Å². The number of ether oxygens (including phenoxy) is 1. The fraction of sp³-hybridized carbons (Fsp3) is 0.0952. The Morgan fingerprint density at radius 3 is 2.55 bits per heavy atom. The highest BCUT2D eigenvalue weighted by Crippen LogP contribution is 2.30. The number of hydrogen-bond acceptors (Lipinski definition) is 10. The molecule has 0 saturated carbocycles. The van der Waals surface area contributed by atoms with E-state index in [-0.39, 0.29) is 0 Å². The number of pyridine rings is 1. The average molecular weight is 428 g/mol. The van der Waals surface area contributed by atoms with Crippen molar-refractivity contribution in [3.05, 3.63) is 73.1 Å². The number of anilines is 1. The van der Waals surface area contributed by atoms with Crippen LogP contribution in [-0.2, 0) is 6.42 Å². The van der Waals surface area contributed by atoms with Crippen molar-refractivity contribution < 1.29 is 4.74 Å². The number of hydrogen-bond donors (Lipinski definition) is 1. The highest BCUT2D eigenvalue weighted by atomic mass is 32.1. The summed E-state index contributed by atoms with van der Waals surface area (Å²) in [5, 5.41) is 12.9. The van der Waals surface area contributed by atoms with E-state index in [4.69, 9.17) is 4.74 Å². The Labute approximate surface area is 181 Å². The predicted octanol–water partition coefficient (Wildman–Crippen LogP) is 3.78. The number of nitrogens with one attached hydrogen (secondary N) is 1. The predicted molar refractivity (Wildman–Crippen MR) is 117 cm³/mol. The summed E-state index contributed by atoms with van der Waals surface area (Å²) in [6.07, 6.45) is 9.01. The van der Waals surface area contributed by atoms with Crippen LogP contribution in [0.5, 0.6) is 10.9 Å². The quantitative estimate of drug-likeness (QED) is 0.414. The summed E-state index contributed by atoms with van der Waals surface area (Å²) >= 11 is 1.39. The van der Waals surface area contributed by atoms with Crippen molar-refractivity contribution in [1.29, 1.82) is 0 Å². The Bertz CT molecular complexity index is 1290. The van der Waals surface area contributed by atoms with E-state index in [0.717, 1.165) is 17.0 Å². The molecule has 10 heteroatoms. The molecule has 5 aromatic rings. The number of rotatable bonds is 7. The van der Waals surface area contributed by atoms with Gasteiger partial charge in [-0.2, -0.15) is 0 Å². The van der Waals surface area contributed by atoms with Crippen molar-refractivity contribution in [1.82, 2.24) is 35.1 Å². The van der Waals surface area contributed by atoms with Gasteiger partial charge in [-0.15, -0.1) is 5.10 Å². The van der Waals surface area contributed by atoms with Gasteiger partial charge < -0.3 is 10.1 Å². The van der Waals surface area contributed by atoms with E-state index in [1.165, 1.54) is 23.2 Å². The van der Waals surface area contributed by atoms with Crippen molar-refractivity contribution in [2.45, 2.75) is 6.42 Å². The first-order valence-corrected chi connectivity index (χ1v) is 10.3. The number of benzene rings is 1. The van der Waals surface area contributed by atoms with Gasteiger partial charge in [0.2, 0.25) is 0 Å². The van der Waals surface area contributed by atoms with Gasteiger partial charge in [0.15, 0.2) is 16.5 Å². The zero-order chi connectivity index (χ0) is 20.9. The highest BCUT2D eigenvalue weighted by molar-refractivity contribution is 7.16. The third kappa shape index (κ3) is 4.43. The molecule has 0 atom stereocenters. The van der Waals surface area contributed by atoms with E-state index in [0.29, 0.717) is 34.5 Å². The molecule has 0 aliphatic carbocycles. The second-order valence-corrected chi connectivity index (χ2v) is 7.42. The van der Waals surface area contributed by atoms with Crippen LogP contribution < -0.4 is 10.1 Å². The van der Waals surface area contributed by atoms with Crippen molar-refractivity contribution in [2.24, 2.45) is 0 Å². The smallest absolute Gasteiger partial charge is 0.299 e. The largest absolute Gasteiger partial charge is 0.430 e. The highest BCUT2D eigenvalue weighted by Gasteiger charge is 2.09. The Morgan fingerprint density at radius 1 is 0.839 bits per heavy atom. The summed E-state index contributed by atoms with van der Waals surface area (Å²) in [7, 11) is 0. The van der Waals surface area contributed by atoms with Crippen LogP contribution in [-0.4, -0.2) is 41.7 Å². The van der Waals surface area contributed by atoms with Gasteiger partial charge in [-0.25, -0.2) is 19.9 Å². The lowest BCUT2D eigenvalue weighted by atomic mass is 10.1. The van der Waals surface area contributed by atoms with Crippen LogP contribution in [0, 0.1) is 0 Å². The molecule has 0 amide bonds. The number of aromatic nitrogens is 7. The van der Waals surface area contributed by atoms with Gasteiger partial charge in [-0.3, -0.25) is 4.98 Å². The summed E-state index contributed by atoms with van der Waals surface area (Å²) in [4.78, 5) is 20.9. The molecule has 0 radical (unpaired) electrons. The summed E-state index contributed by atoms with van der Waals surface area (Å²) in [5.74, 6) is 1.39. The van der Waals surface area contributed by atoms with Crippen molar-refractivity contribution in [3.8, 4) is 21.5 Å². The normalized spacial score (nSPS) is 10.8. The third-order valence-electron chi connectivity index (χ3n) is 4.44. The first-order chi connectivity index (χ1) is 15.3. The molecule has 1 aromatic carbocycles. The minimum atomic E-state index is 0.498. The van der Waals surface area contributed by atoms with E-state index >= 15 is 0 Å². The van der Waals surface area contributed by atoms with Gasteiger partial charge in [-0.1, -0.05) is 28.6 Å². The topological polar surface area (TPSA) is 111 Å². The van der Waals surface area contributed by atoms with Gasteiger partial charge in [0, 0.05) is 36.9 Å². The molecule has 0 saturated heterocycles. The van der Waals surface area contributed by atoms with Crippen LogP contribution in [0.4, 0.5) is 5.82 Å². The van der Waals surface area contributed by atoms with Crippen molar-refractivity contribution >= 4 is 28.3 Å². The molecule has 1 N–H and O–H groups in total. The minimum absolute atomic E-state index is 0.498. The Kier molecular flexibility index (Phi) is 5.35. The van der Waals surface area contributed by atoms with Gasteiger partial charge in [-0.05, 0) is 36.2 Å². The van der Waals surface area contributed by atoms with Crippen LogP contribution in [0.1, 0.15) is 5.56 Å². The molecule has 31 heavy (non-hydrogen) atoms. The molecule has 4 aromatic heterocycles. The summed E-state index contributed by atoms with van der Waals surface area (Å²) in [5.41, 5.74) is 3.37. The summed E-state index contributed by atoms with van der Waals surface area (Å²) in [6, 6.07) is 11.7. The minimum Gasteiger partial charge on any atom is -0.430 e. The maximum atomic E-state index is 5.84. The lowest BCUT2D eigenvalue weighted by Crippen LogP contribution is -2.07. The van der Waals surface area contributed by atoms with Crippen molar-refractivity contribution in [3.63, 3.8) is 0 Å². The second-order valence-electron chi connectivity index (χ2n) is 6.48. The number of nitrogens with zero attached hydrogens (tertiary/aromatic N) is 7. The van der Waals surface area contributed by atoms with Gasteiger partial charge in [0.1, 0.15) is 17.6 Å². The van der Waals surface area contributed by atoms with E-state index < -0.39 is 0 Å².